The number of hydrogen-bond donors (Lipinski definition) is 0. The normalized spacial score (nSPS) is 13.8. The van der Waals surface area contributed by atoms with Gasteiger partial charge in [-0.1, -0.05) is 53.5 Å². The molecule has 0 fully saturated rings. The van der Waals surface area contributed by atoms with E-state index in [-0.39, 0.29) is 11.9 Å². The van der Waals surface area contributed by atoms with E-state index in [1.165, 1.54) is 0 Å². The fourth-order valence-corrected chi connectivity index (χ4v) is 3.66. The topological polar surface area (TPSA) is 38.1 Å². The number of rotatable bonds is 4. The fraction of sp³-hybridized carbons (Fsp3) is 0.182. The van der Waals surface area contributed by atoms with E-state index in [1.54, 1.807) is 4.68 Å². The Balaban J connectivity index is 1.83. The van der Waals surface area contributed by atoms with Gasteiger partial charge in [-0.3, -0.25) is 4.79 Å². The van der Waals surface area contributed by atoms with Crippen LogP contribution < -0.4 is 0 Å². The van der Waals surface area contributed by atoms with E-state index >= 15 is 0 Å². The molecule has 6 heteroatoms. The molecule has 0 aliphatic carbocycles. The van der Waals surface area contributed by atoms with Crippen LogP contribution in [0.4, 0.5) is 0 Å². The van der Waals surface area contributed by atoms with Gasteiger partial charge in [0.1, 0.15) is 0 Å². The molecular formula is C22H19Cl2N3O. The van der Waals surface area contributed by atoms with Gasteiger partial charge in [0.15, 0.2) is 5.69 Å². The lowest BCUT2D eigenvalue weighted by Gasteiger charge is -2.20. The average molecular weight is 412 g/mol. The summed E-state index contributed by atoms with van der Waals surface area (Å²) in [5.41, 5.74) is 4.02. The summed E-state index contributed by atoms with van der Waals surface area (Å²) in [7, 11) is 0. The van der Waals surface area contributed by atoms with Gasteiger partial charge in [0.2, 0.25) is 0 Å². The summed E-state index contributed by atoms with van der Waals surface area (Å²) in [6.45, 7) is 4.56. The molecule has 1 aromatic heterocycles. The Hall–Kier alpha value is -2.56. The molecule has 0 radical (unpaired) electrons. The number of hydrogen-bond acceptors (Lipinski definition) is 2. The number of carbonyl (C=O) groups excluding carboxylic acids is 1. The maximum atomic E-state index is 12.8. The molecule has 1 aliphatic rings. The quantitative estimate of drug-likeness (QED) is 0.550. The van der Waals surface area contributed by atoms with Gasteiger partial charge in [-0.05, 0) is 49.8 Å². The maximum absolute atomic E-state index is 12.8. The van der Waals surface area contributed by atoms with Gasteiger partial charge in [0.25, 0.3) is 5.91 Å². The molecular weight excluding hydrogens is 393 g/mol. The van der Waals surface area contributed by atoms with E-state index in [0.717, 1.165) is 22.5 Å². The van der Waals surface area contributed by atoms with Crippen LogP contribution in [0.15, 0.2) is 48.5 Å². The van der Waals surface area contributed by atoms with Crippen LogP contribution in [0.5, 0.6) is 0 Å². The van der Waals surface area contributed by atoms with Crippen molar-refractivity contribution in [2.45, 2.75) is 26.4 Å². The zero-order valence-corrected chi connectivity index (χ0v) is 17.1. The molecule has 3 aromatic rings. The SMILES string of the molecule is CC(C)N1Cc2c(nn(-c3ccccc3Cl)c2/C=C/c2ccc(Cl)cc2)C1=O. The Kier molecular flexibility index (Phi) is 5.00. The molecule has 0 atom stereocenters. The van der Waals surface area contributed by atoms with Gasteiger partial charge in [-0.2, -0.15) is 5.10 Å². The van der Waals surface area contributed by atoms with Crippen molar-refractivity contribution in [3.8, 4) is 5.69 Å². The second-order valence-electron chi connectivity index (χ2n) is 6.99. The van der Waals surface area contributed by atoms with Gasteiger partial charge in [0, 0.05) is 16.6 Å². The van der Waals surface area contributed by atoms with Crippen molar-refractivity contribution >= 4 is 41.3 Å². The van der Waals surface area contributed by atoms with Crippen molar-refractivity contribution in [3.05, 3.63) is 81.1 Å². The number of benzene rings is 2. The molecule has 0 N–H and O–H groups in total. The average Bonchev–Trinajstić information content (AvgIpc) is 3.19. The molecule has 1 aliphatic heterocycles. The van der Waals surface area contributed by atoms with Crippen LogP contribution >= 0.6 is 23.2 Å². The van der Waals surface area contributed by atoms with Crippen molar-refractivity contribution in [1.82, 2.24) is 14.7 Å². The molecule has 28 heavy (non-hydrogen) atoms. The van der Waals surface area contributed by atoms with Crippen molar-refractivity contribution in [3.63, 3.8) is 0 Å². The first-order valence-electron chi connectivity index (χ1n) is 9.07. The van der Waals surface area contributed by atoms with E-state index in [1.807, 2.05) is 79.4 Å². The lowest BCUT2D eigenvalue weighted by atomic mass is 10.1. The van der Waals surface area contributed by atoms with Crippen molar-refractivity contribution in [2.24, 2.45) is 0 Å². The number of carbonyl (C=O) groups is 1. The van der Waals surface area contributed by atoms with Crippen molar-refractivity contribution in [2.75, 3.05) is 0 Å². The Morgan fingerprint density at radius 3 is 2.43 bits per heavy atom. The Morgan fingerprint density at radius 2 is 1.75 bits per heavy atom. The highest BCUT2D eigenvalue weighted by Crippen LogP contribution is 2.32. The third kappa shape index (κ3) is 3.34. The smallest absolute Gasteiger partial charge is 0.275 e. The Labute approximate surface area is 174 Å². The number of fused-ring (bicyclic) bond motifs is 1. The monoisotopic (exact) mass is 411 g/mol. The first-order valence-corrected chi connectivity index (χ1v) is 9.82. The van der Waals surface area contributed by atoms with Crippen LogP contribution in [0.25, 0.3) is 17.8 Å². The van der Waals surface area contributed by atoms with Crippen LogP contribution in [0.1, 0.15) is 41.2 Å². The zero-order chi connectivity index (χ0) is 19.8. The van der Waals surface area contributed by atoms with E-state index in [9.17, 15) is 4.79 Å². The second kappa shape index (κ2) is 7.46. The number of aromatic nitrogens is 2. The molecule has 0 saturated heterocycles. The molecule has 2 heterocycles. The Bertz CT molecular complexity index is 1070. The van der Waals surface area contributed by atoms with Crippen LogP contribution in [0.2, 0.25) is 10.0 Å². The summed E-state index contributed by atoms with van der Waals surface area (Å²) >= 11 is 12.4. The minimum atomic E-state index is -0.0445. The molecule has 2 aromatic carbocycles. The summed E-state index contributed by atoms with van der Waals surface area (Å²) in [4.78, 5) is 14.6. The first kappa shape index (κ1) is 18.8. The molecule has 0 spiro atoms. The standard InChI is InChI=1S/C22H19Cl2N3O/c1-14(2)26-13-17-19(12-9-15-7-10-16(23)11-8-15)27(25-21(17)22(26)28)20-6-4-3-5-18(20)24/h3-12,14H,13H2,1-2H3/b12-9+. The summed E-state index contributed by atoms with van der Waals surface area (Å²) in [6.07, 6.45) is 3.97. The fourth-order valence-electron chi connectivity index (χ4n) is 3.31. The number of para-hydroxylation sites is 1. The minimum absolute atomic E-state index is 0.0445. The third-order valence-corrected chi connectivity index (χ3v) is 5.39. The largest absolute Gasteiger partial charge is 0.330 e. The van der Waals surface area contributed by atoms with Crippen molar-refractivity contribution < 1.29 is 4.79 Å². The predicted molar refractivity (Wildman–Crippen MR) is 114 cm³/mol. The maximum Gasteiger partial charge on any atom is 0.275 e. The van der Waals surface area contributed by atoms with E-state index < -0.39 is 0 Å². The lowest BCUT2D eigenvalue weighted by molar-refractivity contribution is 0.0723. The highest BCUT2D eigenvalue weighted by Gasteiger charge is 2.35. The summed E-state index contributed by atoms with van der Waals surface area (Å²) < 4.78 is 1.76. The van der Waals surface area contributed by atoms with Gasteiger partial charge in [-0.25, -0.2) is 4.68 Å². The van der Waals surface area contributed by atoms with Crippen LogP contribution in [-0.2, 0) is 6.54 Å². The van der Waals surface area contributed by atoms with E-state index in [4.69, 9.17) is 23.2 Å². The van der Waals surface area contributed by atoms with Gasteiger partial charge < -0.3 is 4.90 Å². The summed E-state index contributed by atoms with van der Waals surface area (Å²) in [5.74, 6) is -0.0445. The van der Waals surface area contributed by atoms with Crippen LogP contribution in [-0.4, -0.2) is 26.6 Å². The van der Waals surface area contributed by atoms with E-state index in [0.29, 0.717) is 22.3 Å². The highest BCUT2D eigenvalue weighted by atomic mass is 35.5. The Morgan fingerprint density at radius 1 is 1.04 bits per heavy atom. The summed E-state index contributed by atoms with van der Waals surface area (Å²) in [5, 5.41) is 5.90. The van der Waals surface area contributed by atoms with Gasteiger partial charge in [-0.15, -0.1) is 0 Å². The molecule has 0 saturated carbocycles. The zero-order valence-electron chi connectivity index (χ0n) is 15.6. The predicted octanol–water partition coefficient (Wildman–Crippen LogP) is 5.71. The van der Waals surface area contributed by atoms with Gasteiger partial charge in [0.05, 0.1) is 22.9 Å². The molecule has 4 nitrogen and oxygen atoms in total. The number of nitrogens with zero attached hydrogens (tertiary/aromatic N) is 3. The number of amides is 1. The molecule has 0 bridgehead atoms. The molecule has 0 unspecified atom stereocenters. The van der Waals surface area contributed by atoms with Gasteiger partial charge >= 0.3 is 0 Å². The first-order chi connectivity index (χ1) is 13.5. The minimum Gasteiger partial charge on any atom is -0.330 e. The summed E-state index contributed by atoms with van der Waals surface area (Å²) in [6, 6.07) is 15.2. The van der Waals surface area contributed by atoms with Crippen LogP contribution in [0.3, 0.4) is 0 Å². The lowest BCUT2D eigenvalue weighted by Crippen LogP contribution is -2.31. The van der Waals surface area contributed by atoms with Crippen molar-refractivity contribution in [1.29, 1.82) is 0 Å². The van der Waals surface area contributed by atoms with E-state index in [2.05, 4.69) is 5.10 Å². The highest BCUT2D eigenvalue weighted by molar-refractivity contribution is 6.32. The second-order valence-corrected chi connectivity index (χ2v) is 7.83. The third-order valence-electron chi connectivity index (χ3n) is 4.82. The number of halogens is 2. The molecule has 142 valence electrons. The van der Waals surface area contributed by atoms with Crippen LogP contribution in [0, 0.1) is 0 Å². The molecule has 4 rings (SSSR count). The molecule has 1 amide bonds.